The zero-order valence-corrected chi connectivity index (χ0v) is 11.4. The van der Waals surface area contributed by atoms with Gasteiger partial charge >= 0.3 is 5.97 Å². The van der Waals surface area contributed by atoms with E-state index in [9.17, 15) is 9.59 Å². The van der Waals surface area contributed by atoms with Gasteiger partial charge in [0.05, 0.1) is 5.92 Å². The van der Waals surface area contributed by atoms with Gasteiger partial charge in [-0.2, -0.15) is 0 Å². The molecular weight excluding hydrogens is 254 g/mol. The number of hydrogen-bond donors (Lipinski definition) is 1. The molecule has 1 fully saturated rings. The van der Waals surface area contributed by atoms with Crippen LogP contribution in [0, 0.1) is 11.8 Å². The van der Waals surface area contributed by atoms with Crippen LogP contribution in [0.15, 0.2) is 24.3 Å². The Kier molecular flexibility index (Phi) is 3.47. The van der Waals surface area contributed by atoms with E-state index in [4.69, 9.17) is 5.11 Å². The lowest BCUT2D eigenvalue weighted by molar-refractivity contribution is -0.146. The summed E-state index contributed by atoms with van der Waals surface area (Å²) in [7, 11) is 0. The highest BCUT2D eigenvalue weighted by atomic mass is 16.4. The van der Waals surface area contributed by atoms with Gasteiger partial charge in [0.2, 0.25) is 5.91 Å². The van der Waals surface area contributed by atoms with Crippen LogP contribution in [0.2, 0.25) is 0 Å². The number of nitrogens with zero attached hydrogens (tertiary/aromatic N) is 1. The molecule has 0 aromatic heterocycles. The molecule has 4 heteroatoms. The monoisotopic (exact) mass is 273 g/mol. The Bertz CT molecular complexity index is 515. The average Bonchev–Trinajstić information content (AvgIpc) is 2.90. The molecule has 20 heavy (non-hydrogen) atoms. The number of fused-ring (bicyclic) bond motifs is 1. The van der Waals surface area contributed by atoms with Crippen molar-refractivity contribution in [3.8, 4) is 0 Å². The minimum atomic E-state index is -0.780. The van der Waals surface area contributed by atoms with Crippen LogP contribution in [0.25, 0.3) is 0 Å². The highest BCUT2D eigenvalue weighted by Gasteiger charge is 2.34. The van der Waals surface area contributed by atoms with Crippen LogP contribution in [0.1, 0.15) is 24.0 Å². The van der Waals surface area contributed by atoms with Gasteiger partial charge in [-0.3, -0.25) is 9.59 Å². The molecule has 106 valence electrons. The van der Waals surface area contributed by atoms with E-state index in [0.29, 0.717) is 19.5 Å². The minimum absolute atomic E-state index is 0.0000510. The third-order valence-electron chi connectivity index (χ3n) is 4.48. The molecule has 1 aliphatic carbocycles. The fraction of sp³-hybridized carbons (Fsp3) is 0.500. The van der Waals surface area contributed by atoms with Crippen LogP contribution in [-0.4, -0.2) is 35.0 Å². The molecule has 0 saturated carbocycles. The zero-order chi connectivity index (χ0) is 14.1. The third kappa shape index (κ3) is 2.42. The maximum Gasteiger partial charge on any atom is 0.308 e. The molecule has 0 bridgehead atoms. The second kappa shape index (κ2) is 5.27. The van der Waals surface area contributed by atoms with Crippen molar-refractivity contribution in [2.24, 2.45) is 11.8 Å². The lowest BCUT2D eigenvalue weighted by Crippen LogP contribution is -2.45. The Morgan fingerprint density at radius 3 is 2.35 bits per heavy atom. The first-order valence-corrected chi connectivity index (χ1v) is 7.23. The normalized spacial score (nSPS) is 22.6. The molecule has 1 saturated heterocycles. The summed E-state index contributed by atoms with van der Waals surface area (Å²) in [6, 6.07) is 8.18. The summed E-state index contributed by atoms with van der Waals surface area (Å²) in [5.41, 5.74) is 2.52. The van der Waals surface area contributed by atoms with Gasteiger partial charge in [0.25, 0.3) is 0 Å². The zero-order valence-electron chi connectivity index (χ0n) is 11.4. The molecule has 0 spiro atoms. The van der Waals surface area contributed by atoms with Crippen molar-refractivity contribution in [1.82, 2.24) is 4.90 Å². The van der Waals surface area contributed by atoms with E-state index in [1.165, 1.54) is 11.1 Å². The molecule has 0 unspecified atom stereocenters. The lowest BCUT2D eigenvalue weighted by atomic mass is 9.96. The van der Waals surface area contributed by atoms with Gasteiger partial charge in [0.1, 0.15) is 0 Å². The first-order chi connectivity index (χ1) is 9.65. The van der Waals surface area contributed by atoms with E-state index in [0.717, 1.165) is 19.3 Å². The average molecular weight is 273 g/mol. The number of likely N-dealkylation sites (tertiary alicyclic amines) is 1. The second-order valence-electron chi connectivity index (χ2n) is 5.84. The number of amides is 1. The van der Waals surface area contributed by atoms with Gasteiger partial charge in [-0.15, -0.1) is 0 Å². The highest BCUT2D eigenvalue weighted by molar-refractivity contribution is 5.81. The van der Waals surface area contributed by atoms with Crippen molar-refractivity contribution in [1.29, 1.82) is 0 Å². The number of benzene rings is 1. The van der Waals surface area contributed by atoms with Crippen LogP contribution in [0.5, 0.6) is 0 Å². The molecule has 1 heterocycles. The van der Waals surface area contributed by atoms with Crippen LogP contribution >= 0.6 is 0 Å². The van der Waals surface area contributed by atoms with Gasteiger partial charge in [0, 0.05) is 19.0 Å². The van der Waals surface area contributed by atoms with Crippen LogP contribution in [0.3, 0.4) is 0 Å². The van der Waals surface area contributed by atoms with E-state index in [1.54, 1.807) is 4.90 Å². The van der Waals surface area contributed by atoms with Gasteiger partial charge in [0.15, 0.2) is 0 Å². The number of rotatable bonds is 2. The summed E-state index contributed by atoms with van der Waals surface area (Å²) >= 11 is 0. The van der Waals surface area contributed by atoms with Gasteiger partial charge < -0.3 is 10.0 Å². The Labute approximate surface area is 118 Å². The Morgan fingerprint density at radius 2 is 1.75 bits per heavy atom. The fourth-order valence-electron chi connectivity index (χ4n) is 3.37. The summed E-state index contributed by atoms with van der Waals surface area (Å²) in [6.45, 7) is 1.08. The molecule has 1 atom stereocenters. The molecule has 3 rings (SSSR count). The summed E-state index contributed by atoms with van der Waals surface area (Å²) in [4.78, 5) is 25.4. The molecule has 1 aliphatic heterocycles. The predicted octanol–water partition coefficient (Wildman–Crippen LogP) is 1.72. The smallest absolute Gasteiger partial charge is 0.308 e. The van der Waals surface area contributed by atoms with E-state index in [-0.39, 0.29) is 11.8 Å². The molecule has 4 nitrogen and oxygen atoms in total. The fourth-order valence-corrected chi connectivity index (χ4v) is 3.37. The summed E-state index contributed by atoms with van der Waals surface area (Å²) in [6.07, 6.45) is 3.07. The number of carbonyl (C=O) groups is 2. The minimum Gasteiger partial charge on any atom is -0.481 e. The molecular formula is C16H19NO3. The second-order valence-corrected chi connectivity index (χ2v) is 5.84. The highest BCUT2D eigenvalue weighted by Crippen LogP contribution is 2.29. The number of hydrogen-bond acceptors (Lipinski definition) is 2. The Morgan fingerprint density at radius 1 is 1.10 bits per heavy atom. The summed E-state index contributed by atoms with van der Waals surface area (Å²) < 4.78 is 0. The molecule has 0 radical (unpaired) electrons. The topological polar surface area (TPSA) is 57.6 Å². The SMILES string of the molecule is O=C(O)[C@H]1CCCN(C(=O)C2Cc3ccccc3C2)C1. The van der Waals surface area contributed by atoms with Gasteiger partial charge in [-0.25, -0.2) is 0 Å². The maximum atomic E-state index is 12.6. The maximum absolute atomic E-state index is 12.6. The quantitative estimate of drug-likeness (QED) is 0.892. The molecule has 1 amide bonds. The third-order valence-corrected chi connectivity index (χ3v) is 4.48. The van der Waals surface area contributed by atoms with Crippen LogP contribution in [-0.2, 0) is 22.4 Å². The largest absolute Gasteiger partial charge is 0.481 e. The number of carboxylic acid groups (broad SMARTS) is 1. The van der Waals surface area contributed by atoms with E-state index in [2.05, 4.69) is 12.1 Å². The van der Waals surface area contributed by atoms with Crippen LogP contribution < -0.4 is 0 Å². The summed E-state index contributed by atoms with van der Waals surface area (Å²) in [5, 5.41) is 9.11. The lowest BCUT2D eigenvalue weighted by Gasteiger charge is -2.32. The van der Waals surface area contributed by atoms with Crippen molar-refractivity contribution in [3.63, 3.8) is 0 Å². The van der Waals surface area contributed by atoms with E-state index >= 15 is 0 Å². The first kappa shape index (κ1) is 13.2. The van der Waals surface area contributed by atoms with Crippen molar-refractivity contribution >= 4 is 11.9 Å². The summed E-state index contributed by atoms with van der Waals surface area (Å²) in [5.74, 6) is -1.04. The van der Waals surface area contributed by atoms with Crippen molar-refractivity contribution in [3.05, 3.63) is 35.4 Å². The number of piperidine rings is 1. The molecule has 2 aliphatic rings. The predicted molar refractivity (Wildman–Crippen MR) is 74.3 cm³/mol. The van der Waals surface area contributed by atoms with Crippen LogP contribution in [0.4, 0.5) is 0 Å². The molecule has 1 aromatic rings. The Balaban J connectivity index is 1.67. The molecule has 1 N–H and O–H groups in total. The number of carboxylic acids is 1. The first-order valence-electron chi connectivity index (χ1n) is 7.23. The number of aliphatic carboxylic acids is 1. The van der Waals surface area contributed by atoms with Crippen molar-refractivity contribution in [2.75, 3.05) is 13.1 Å². The van der Waals surface area contributed by atoms with E-state index < -0.39 is 11.9 Å². The standard InChI is InChI=1S/C16H19NO3/c18-15(17-7-3-6-13(10-17)16(19)20)14-8-11-4-1-2-5-12(11)9-14/h1-2,4-5,13-14H,3,6-10H2,(H,19,20)/t13-/m0/s1. The van der Waals surface area contributed by atoms with Crippen molar-refractivity contribution < 1.29 is 14.7 Å². The van der Waals surface area contributed by atoms with E-state index in [1.807, 2.05) is 12.1 Å². The van der Waals surface area contributed by atoms with Gasteiger partial charge in [-0.1, -0.05) is 24.3 Å². The molecule has 1 aromatic carbocycles. The number of carbonyl (C=O) groups excluding carboxylic acids is 1. The van der Waals surface area contributed by atoms with Gasteiger partial charge in [-0.05, 0) is 36.8 Å². The Hall–Kier alpha value is -1.84. The van der Waals surface area contributed by atoms with Crippen molar-refractivity contribution in [2.45, 2.75) is 25.7 Å².